The molecular formula is C15H30N2. The summed E-state index contributed by atoms with van der Waals surface area (Å²) in [6, 6.07) is 0. The molecule has 0 heterocycles. The first-order valence-corrected chi connectivity index (χ1v) is 7.56. The lowest BCUT2D eigenvalue weighted by molar-refractivity contribution is 0.157. The van der Waals surface area contributed by atoms with Crippen LogP contribution < -0.4 is 11.1 Å². The van der Waals surface area contributed by atoms with E-state index in [1.165, 1.54) is 45.1 Å². The lowest BCUT2D eigenvalue weighted by atomic mass is 9.71. The summed E-state index contributed by atoms with van der Waals surface area (Å²) in [5.74, 6) is 2.80. The fourth-order valence-electron chi connectivity index (χ4n) is 3.22. The summed E-state index contributed by atoms with van der Waals surface area (Å²) in [4.78, 5) is 0. The van der Waals surface area contributed by atoms with Gasteiger partial charge in [-0.3, -0.25) is 0 Å². The molecule has 0 aliphatic heterocycles. The minimum Gasteiger partial charge on any atom is -0.330 e. The van der Waals surface area contributed by atoms with Crippen LogP contribution in [0.15, 0.2) is 0 Å². The third kappa shape index (κ3) is 3.69. The molecule has 0 aromatic carbocycles. The molecule has 0 amide bonds. The van der Waals surface area contributed by atoms with Gasteiger partial charge in [0.2, 0.25) is 0 Å². The molecule has 2 aliphatic carbocycles. The third-order valence-electron chi connectivity index (χ3n) is 5.16. The lowest BCUT2D eigenvalue weighted by Crippen LogP contribution is -2.44. The van der Waals surface area contributed by atoms with Crippen LogP contribution in [0.3, 0.4) is 0 Å². The molecule has 0 radical (unpaired) electrons. The van der Waals surface area contributed by atoms with Gasteiger partial charge in [0.05, 0.1) is 0 Å². The van der Waals surface area contributed by atoms with Crippen LogP contribution in [0.1, 0.15) is 52.4 Å². The summed E-state index contributed by atoms with van der Waals surface area (Å²) in [6.45, 7) is 7.98. The van der Waals surface area contributed by atoms with Gasteiger partial charge in [0.1, 0.15) is 0 Å². The Morgan fingerprint density at radius 1 is 1.24 bits per heavy atom. The first kappa shape index (κ1) is 13.4. The molecule has 2 saturated carbocycles. The topological polar surface area (TPSA) is 38.0 Å². The fourth-order valence-corrected chi connectivity index (χ4v) is 3.22. The van der Waals surface area contributed by atoms with E-state index in [0.29, 0.717) is 5.41 Å². The van der Waals surface area contributed by atoms with E-state index in [4.69, 9.17) is 5.73 Å². The maximum absolute atomic E-state index is 6.03. The van der Waals surface area contributed by atoms with Gasteiger partial charge in [-0.15, -0.1) is 0 Å². The van der Waals surface area contributed by atoms with Crippen LogP contribution in [0.2, 0.25) is 0 Å². The van der Waals surface area contributed by atoms with Gasteiger partial charge in [-0.1, -0.05) is 26.7 Å². The maximum Gasteiger partial charge on any atom is 0.00200 e. The van der Waals surface area contributed by atoms with Crippen LogP contribution in [0.4, 0.5) is 0 Å². The lowest BCUT2D eigenvalue weighted by Gasteiger charge is -2.39. The van der Waals surface area contributed by atoms with Crippen LogP contribution in [0.5, 0.6) is 0 Å². The highest BCUT2D eigenvalue weighted by Crippen LogP contribution is 2.38. The van der Waals surface area contributed by atoms with E-state index in [1.807, 2.05) is 0 Å². The first-order valence-electron chi connectivity index (χ1n) is 7.56. The molecule has 0 aromatic rings. The smallest absolute Gasteiger partial charge is 0.00200 e. The maximum atomic E-state index is 6.03. The molecule has 17 heavy (non-hydrogen) atoms. The van der Waals surface area contributed by atoms with Gasteiger partial charge >= 0.3 is 0 Å². The first-order chi connectivity index (χ1) is 8.15. The third-order valence-corrected chi connectivity index (χ3v) is 5.16. The van der Waals surface area contributed by atoms with Crippen molar-refractivity contribution in [2.75, 3.05) is 19.6 Å². The van der Waals surface area contributed by atoms with E-state index < -0.39 is 0 Å². The largest absolute Gasteiger partial charge is 0.330 e. The average Bonchev–Trinajstić information content (AvgIpc) is 3.16. The predicted octanol–water partition coefficient (Wildman–Crippen LogP) is 2.78. The van der Waals surface area contributed by atoms with Crippen molar-refractivity contribution < 1.29 is 0 Å². The summed E-state index contributed by atoms with van der Waals surface area (Å²) < 4.78 is 0. The van der Waals surface area contributed by atoms with E-state index in [-0.39, 0.29) is 0 Å². The Morgan fingerprint density at radius 2 is 1.88 bits per heavy atom. The molecule has 3 N–H and O–H groups in total. The summed E-state index contributed by atoms with van der Waals surface area (Å²) in [7, 11) is 0. The number of rotatable bonds is 6. The van der Waals surface area contributed by atoms with Gasteiger partial charge in [0, 0.05) is 6.54 Å². The summed E-state index contributed by atoms with van der Waals surface area (Å²) in [5.41, 5.74) is 6.45. The molecule has 0 saturated heterocycles. The second kappa shape index (κ2) is 5.71. The Hall–Kier alpha value is -0.0800. The second-order valence-corrected chi connectivity index (χ2v) is 6.83. The van der Waals surface area contributed by atoms with Crippen LogP contribution in [-0.4, -0.2) is 19.6 Å². The average molecular weight is 238 g/mol. The molecule has 2 aliphatic rings. The van der Waals surface area contributed by atoms with Crippen molar-refractivity contribution in [2.45, 2.75) is 52.4 Å². The normalized spacial score (nSPS) is 35.8. The van der Waals surface area contributed by atoms with Gasteiger partial charge in [-0.2, -0.15) is 0 Å². The second-order valence-electron chi connectivity index (χ2n) is 6.83. The highest BCUT2D eigenvalue weighted by atomic mass is 14.9. The zero-order chi connectivity index (χ0) is 12.3. The van der Waals surface area contributed by atoms with E-state index >= 15 is 0 Å². The molecule has 0 spiro atoms. The van der Waals surface area contributed by atoms with Gasteiger partial charge in [-0.05, 0) is 61.9 Å². The molecule has 1 atom stereocenters. The van der Waals surface area contributed by atoms with E-state index in [9.17, 15) is 0 Å². The minimum absolute atomic E-state index is 0.412. The Morgan fingerprint density at radius 3 is 2.41 bits per heavy atom. The Balaban J connectivity index is 1.71. The molecule has 100 valence electrons. The number of nitrogens with one attached hydrogen (secondary N) is 1. The van der Waals surface area contributed by atoms with Crippen molar-refractivity contribution in [2.24, 2.45) is 28.9 Å². The van der Waals surface area contributed by atoms with Gasteiger partial charge in [0.15, 0.2) is 0 Å². The quantitative estimate of drug-likeness (QED) is 0.747. The molecule has 2 fully saturated rings. The SMILES string of the molecule is CC1CCC(CN)(CNCC(C)C2CC2)CC1. The fraction of sp³-hybridized carbons (Fsp3) is 1.00. The molecule has 0 bridgehead atoms. The highest BCUT2D eigenvalue weighted by Gasteiger charge is 2.33. The molecule has 2 rings (SSSR count). The van der Waals surface area contributed by atoms with Crippen molar-refractivity contribution >= 4 is 0 Å². The Bertz CT molecular complexity index is 227. The van der Waals surface area contributed by atoms with Crippen molar-refractivity contribution in [1.82, 2.24) is 5.32 Å². The van der Waals surface area contributed by atoms with Crippen molar-refractivity contribution in [3.8, 4) is 0 Å². The molecule has 0 aromatic heterocycles. The van der Waals surface area contributed by atoms with Gasteiger partial charge in [0.25, 0.3) is 0 Å². The van der Waals surface area contributed by atoms with Crippen molar-refractivity contribution in [3.05, 3.63) is 0 Å². The molecular weight excluding hydrogens is 208 g/mol. The zero-order valence-corrected chi connectivity index (χ0v) is 11.7. The Labute approximate surface area is 107 Å². The van der Waals surface area contributed by atoms with Gasteiger partial charge in [-0.25, -0.2) is 0 Å². The monoisotopic (exact) mass is 238 g/mol. The molecule has 2 nitrogen and oxygen atoms in total. The Kier molecular flexibility index (Phi) is 4.48. The summed E-state index contributed by atoms with van der Waals surface area (Å²) in [5, 5.41) is 3.70. The zero-order valence-electron chi connectivity index (χ0n) is 11.7. The number of hydrogen-bond acceptors (Lipinski definition) is 2. The summed E-state index contributed by atoms with van der Waals surface area (Å²) >= 11 is 0. The standard InChI is InChI=1S/C15H30N2/c1-12-5-7-15(10-16,8-6-12)11-17-9-13(2)14-3-4-14/h12-14,17H,3-11,16H2,1-2H3. The van der Waals surface area contributed by atoms with E-state index in [0.717, 1.165) is 30.8 Å². The number of hydrogen-bond donors (Lipinski definition) is 2. The number of nitrogens with two attached hydrogens (primary N) is 1. The summed E-state index contributed by atoms with van der Waals surface area (Å²) in [6.07, 6.45) is 8.32. The minimum atomic E-state index is 0.412. The molecule has 1 unspecified atom stereocenters. The van der Waals surface area contributed by atoms with Crippen LogP contribution in [-0.2, 0) is 0 Å². The predicted molar refractivity (Wildman–Crippen MR) is 73.9 cm³/mol. The van der Waals surface area contributed by atoms with Crippen LogP contribution in [0, 0.1) is 23.2 Å². The van der Waals surface area contributed by atoms with Crippen molar-refractivity contribution in [1.29, 1.82) is 0 Å². The molecule has 2 heteroatoms. The van der Waals surface area contributed by atoms with Crippen molar-refractivity contribution in [3.63, 3.8) is 0 Å². The highest BCUT2D eigenvalue weighted by molar-refractivity contribution is 4.88. The van der Waals surface area contributed by atoms with Crippen LogP contribution >= 0.6 is 0 Å². The van der Waals surface area contributed by atoms with E-state index in [1.54, 1.807) is 0 Å². The van der Waals surface area contributed by atoms with E-state index in [2.05, 4.69) is 19.2 Å². The van der Waals surface area contributed by atoms with Crippen LogP contribution in [0.25, 0.3) is 0 Å². The van der Waals surface area contributed by atoms with Gasteiger partial charge < -0.3 is 11.1 Å².